The van der Waals surface area contributed by atoms with Crippen LogP contribution in [0.25, 0.3) is 0 Å². The lowest BCUT2D eigenvalue weighted by molar-refractivity contribution is -0.147. The lowest BCUT2D eigenvalue weighted by Gasteiger charge is -2.09. The number of hydrogen-bond acceptors (Lipinski definition) is 3. The number of ether oxygens (including phenoxy) is 2. The van der Waals surface area contributed by atoms with Gasteiger partial charge in [-0.15, -0.1) is 0 Å². The Morgan fingerprint density at radius 3 is 2.36 bits per heavy atom. The zero-order valence-electron chi connectivity index (χ0n) is 12.8. The van der Waals surface area contributed by atoms with Crippen molar-refractivity contribution in [2.75, 3.05) is 13.2 Å². The minimum Gasteiger partial charge on any atom is -0.482 e. The number of carbonyl (C=O) groups is 1. The summed E-state index contributed by atoms with van der Waals surface area (Å²) in [5.41, 5.74) is 0.805. The molecule has 1 aromatic carbocycles. The maximum absolute atomic E-state index is 12.0. The van der Waals surface area contributed by atoms with Crippen molar-refractivity contribution >= 4 is 5.97 Å². The average molecular weight is 318 g/mol. The summed E-state index contributed by atoms with van der Waals surface area (Å²) < 4.78 is 46.4. The van der Waals surface area contributed by atoms with Gasteiger partial charge in [-0.2, -0.15) is 13.2 Å². The standard InChI is InChI=1S/C16H21F3O3/c1-12(2)10-22-15(20)11-21-14-7-5-13(6-8-14)4-3-9-16(17,18)19/h5-8,12H,3-4,9-11H2,1-2H3. The quantitative estimate of drug-likeness (QED) is 0.676. The maximum Gasteiger partial charge on any atom is 0.389 e. The summed E-state index contributed by atoms with van der Waals surface area (Å²) in [6, 6.07) is 6.67. The summed E-state index contributed by atoms with van der Waals surface area (Å²) in [6.45, 7) is 4.04. The molecule has 0 saturated heterocycles. The van der Waals surface area contributed by atoms with Crippen LogP contribution in [0.1, 0.15) is 32.3 Å². The Bertz CT molecular complexity index is 453. The smallest absolute Gasteiger partial charge is 0.389 e. The van der Waals surface area contributed by atoms with E-state index in [1.807, 2.05) is 13.8 Å². The van der Waals surface area contributed by atoms with E-state index < -0.39 is 18.6 Å². The van der Waals surface area contributed by atoms with Crippen LogP contribution in [-0.2, 0) is 16.0 Å². The molecule has 0 fully saturated rings. The summed E-state index contributed by atoms with van der Waals surface area (Å²) in [6.07, 6.45) is -4.48. The maximum atomic E-state index is 12.0. The molecule has 1 aromatic rings. The normalized spacial score (nSPS) is 11.5. The molecular weight excluding hydrogens is 297 g/mol. The van der Waals surface area contributed by atoms with Gasteiger partial charge in [0.2, 0.25) is 0 Å². The number of hydrogen-bond donors (Lipinski definition) is 0. The first-order valence-electron chi connectivity index (χ1n) is 7.20. The SMILES string of the molecule is CC(C)COC(=O)COc1ccc(CCCC(F)(F)F)cc1. The highest BCUT2D eigenvalue weighted by atomic mass is 19.4. The molecular formula is C16H21F3O3. The van der Waals surface area contributed by atoms with E-state index in [0.29, 0.717) is 18.8 Å². The Balaban J connectivity index is 2.31. The lowest BCUT2D eigenvalue weighted by Crippen LogP contribution is -2.17. The largest absolute Gasteiger partial charge is 0.482 e. The third kappa shape index (κ3) is 8.54. The van der Waals surface area contributed by atoms with Gasteiger partial charge in [-0.1, -0.05) is 26.0 Å². The molecule has 0 aromatic heterocycles. The van der Waals surface area contributed by atoms with Gasteiger partial charge in [0.15, 0.2) is 6.61 Å². The molecule has 0 radical (unpaired) electrons. The molecule has 0 amide bonds. The summed E-state index contributed by atoms with van der Waals surface area (Å²) >= 11 is 0. The Morgan fingerprint density at radius 1 is 1.18 bits per heavy atom. The minimum absolute atomic E-state index is 0.0607. The van der Waals surface area contributed by atoms with E-state index in [-0.39, 0.29) is 18.9 Å². The van der Waals surface area contributed by atoms with E-state index >= 15 is 0 Å². The van der Waals surface area contributed by atoms with Gasteiger partial charge >= 0.3 is 12.1 Å². The van der Waals surface area contributed by atoms with Crippen molar-refractivity contribution in [3.63, 3.8) is 0 Å². The number of benzene rings is 1. The summed E-state index contributed by atoms with van der Waals surface area (Å²) in [5.74, 6) is 0.309. The molecule has 3 nitrogen and oxygen atoms in total. The Labute approximate surface area is 128 Å². The van der Waals surface area contributed by atoms with Crippen molar-refractivity contribution in [1.29, 1.82) is 0 Å². The molecule has 0 saturated carbocycles. The highest BCUT2D eigenvalue weighted by molar-refractivity contribution is 5.71. The fraction of sp³-hybridized carbons (Fsp3) is 0.562. The first-order chi connectivity index (χ1) is 10.3. The van der Waals surface area contributed by atoms with Gasteiger partial charge in [0.1, 0.15) is 5.75 Å². The third-order valence-corrected chi connectivity index (χ3v) is 2.78. The van der Waals surface area contributed by atoms with Gasteiger partial charge in [0.25, 0.3) is 0 Å². The second-order valence-corrected chi connectivity index (χ2v) is 5.48. The lowest BCUT2D eigenvalue weighted by atomic mass is 10.1. The van der Waals surface area contributed by atoms with Crippen molar-refractivity contribution in [3.8, 4) is 5.75 Å². The van der Waals surface area contributed by atoms with Crippen molar-refractivity contribution < 1.29 is 27.4 Å². The van der Waals surface area contributed by atoms with Gasteiger partial charge < -0.3 is 9.47 Å². The fourth-order valence-electron chi connectivity index (χ4n) is 1.69. The highest BCUT2D eigenvalue weighted by Gasteiger charge is 2.25. The van der Waals surface area contributed by atoms with E-state index in [4.69, 9.17) is 9.47 Å². The Kier molecular flexibility index (Phi) is 7.21. The van der Waals surface area contributed by atoms with Crippen LogP contribution in [-0.4, -0.2) is 25.4 Å². The predicted octanol–water partition coefficient (Wildman–Crippen LogP) is 4.15. The molecule has 22 heavy (non-hydrogen) atoms. The van der Waals surface area contributed by atoms with Gasteiger partial charge in [-0.05, 0) is 36.5 Å². The van der Waals surface area contributed by atoms with Crippen LogP contribution in [0.2, 0.25) is 0 Å². The summed E-state index contributed by atoms with van der Waals surface area (Å²) in [4.78, 5) is 11.4. The zero-order chi connectivity index (χ0) is 16.6. The number of halogens is 3. The average Bonchev–Trinajstić information content (AvgIpc) is 2.43. The van der Waals surface area contributed by atoms with Crippen molar-refractivity contribution in [3.05, 3.63) is 29.8 Å². The summed E-state index contributed by atoms with van der Waals surface area (Å²) in [5, 5.41) is 0. The van der Waals surface area contributed by atoms with Crippen molar-refractivity contribution in [2.24, 2.45) is 5.92 Å². The van der Waals surface area contributed by atoms with Gasteiger partial charge in [-0.3, -0.25) is 0 Å². The van der Waals surface area contributed by atoms with Crippen molar-refractivity contribution in [2.45, 2.75) is 39.3 Å². The second kappa shape index (κ2) is 8.66. The predicted molar refractivity (Wildman–Crippen MR) is 76.7 cm³/mol. The van der Waals surface area contributed by atoms with E-state index in [0.717, 1.165) is 5.56 Å². The number of carbonyl (C=O) groups excluding carboxylic acids is 1. The fourth-order valence-corrected chi connectivity index (χ4v) is 1.69. The first kappa shape index (κ1) is 18.3. The number of rotatable bonds is 8. The minimum atomic E-state index is -4.11. The summed E-state index contributed by atoms with van der Waals surface area (Å²) in [7, 11) is 0. The molecule has 0 heterocycles. The molecule has 0 atom stereocenters. The Hall–Kier alpha value is -1.72. The van der Waals surface area contributed by atoms with Gasteiger partial charge in [-0.25, -0.2) is 4.79 Å². The van der Waals surface area contributed by atoms with Crippen LogP contribution >= 0.6 is 0 Å². The van der Waals surface area contributed by atoms with Crippen molar-refractivity contribution in [1.82, 2.24) is 0 Å². The first-order valence-corrected chi connectivity index (χ1v) is 7.20. The van der Waals surface area contributed by atoms with Crippen LogP contribution in [0.4, 0.5) is 13.2 Å². The number of aryl methyl sites for hydroxylation is 1. The van der Waals surface area contributed by atoms with E-state index in [9.17, 15) is 18.0 Å². The second-order valence-electron chi connectivity index (χ2n) is 5.48. The molecule has 124 valence electrons. The van der Waals surface area contributed by atoms with Crippen LogP contribution < -0.4 is 4.74 Å². The third-order valence-electron chi connectivity index (χ3n) is 2.78. The topological polar surface area (TPSA) is 35.5 Å². The molecule has 0 N–H and O–H groups in total. The van der Waals surface area contributed by atoms with Crippen LogP contribution in [0.15, 0.2) is 24.3 Å². The zero-order valence-corrected chi connectivity index (χ0v) is 12.8. The van der Waals surface area contributed by atoms with Crippen LogP contribution in [0, 0.1) is 5.92 Å². The molecule has 0 bridgehead atoms. The number of alkyl halides is 3. The van der Waals surface area contributed by atoms with Crippen LogP contribution in [0.3, 0.4) is 0 Å². The molecule has 0 spiro atoms. The molecule has 0 unspecified atom stereocenters. The molecule has 1 rings (SSSR count). The van der Waals surface area contributed by atoms with Gasteiger partial charge in [0.05, 0.1) is 6.61 Å². The Morgan fingerprint density at radius 2 is 1.82 bits per heavy atom. The monoisotopic (exact) mass is 318 g/mol. The van der Waals surface area contributed by atoms with E-state index in [1.165, 1.54) is 0 Å². The van der Waals surface area contributed by atoms with Crippen LogP contribution in [0.5, 0.6) is 5.75 Å². The molecule has 0 aliphatic carbocycles. The molecule has 6 heteroatoms. The van der Waals surface area contributed by atoms with E-state index in [1.54, 1.807) is 24.3 Å². The highest BCUT2D eigenvalue weighted by Crippen LogP contribution is 2.23. The molecule has 0 aliphatic rings. The number of esters is 1. The molecule has 0 aliphatic heterocycles. The van der Waals surface area contributed by atoms with Gasteiger partial charge in [0, 0.05) is 6.42 Å². The van der Waals surface area contributed by atoms with E-state index in [2.05, 4.69) is 0 Å².